The van der Waals surface area contributed by atoms with Crippen molar-refractivity contribution in [2.45, 2.75) is 33.7 Å². The molecular formula is C14H19FN2. The van der Waals surface area contributed by atoms with E-state index in [4.69, 9.17) is 5.26 Å². The number of hydrogen-bond acceptors (Lipinski definition) is 2. The number of anilines is 1. The quantitative estimate of drug-likeness (QED) is 0.782. The van der Waals surface area contributed by atoms with Gasteiger partial charge < -0.3 is 4.90 Å². The lowest BCUT2D eigenvalue weighted by Crippen LogP contribution is -2.39. The van der Waals surface area contributed by atoms with Gasteiger partial charge in [0.1, 0.15) is 5.82 Å². The van der Waals surface area contributed by atoms with E-state index in [1.165, 1.54) is 12.1 Å². The molecule has 2 nitrogen and oxygen atoms in total. The molecule has 0 saturated heterocycles. The Labute approximate surface area is 103 Å². The normalized spacial score (nSPS) is 13.0. The third kappa shape index (κ3) is 3.20. The Bertz CT molecular complexity index is 441. The zero-order valence-electron chi connectivity index (χ0n) is 11.1. The highest BCUT2D eigenvalue weighted by atomic mass is 19.1. The van der Waals surface area contributed by atoms with E-state index in [2.05, 4.69) is 27.7 Å². The molecule has 1 unspecified atom stereocenters. The second-order valence-corrected chi connectivity index (χ2v) is 5.46. The Morgan fingerprint density at radius 2 is 1.88 bits per heavy atom. The second-order valence-electron chi connectivity index (χ2n) is 5.46. The van der Waals surface area contributed by atoms with Gasteiger partial charge in [0.05, 0.1) is 11.6 Å². The maximum Gasteiger partial charge on any atom is 0.126 e. The number of benzene rings is 1. The van der Waals surface area contributed by atoms with Gasteiger partial charge in [-0.1, -0.05) is 20.8 Å². The van der Waals surface area contributed by atoms with Gasteiger partial charge in [-0.2, -0.15) is 5.26 Å². The molecule has 0 spiro atoms. The minimum Gasteiger partial charge on any atom is -0.371 e. The molecule has 0 radical (unpaired) electrons. The van der Waals surface area contributed by atoms with Gasteiger partial charge in [-0.3, -0.25) is 0 Å². The zero-order chi connectivity index (χ0) is 13.2. The van der Waals surface area contributed by atoms with Crippen LogP contribution < -0.4 is 4.90 Å². The zero-order valence-corrected chi connectivity index (χ0v) is 11.1. The lowest BCUT2D eigenvalue weighted by molar-refractivity contribution is 0.329. The van der Waals surface area contributed by atoms with E-state index in [1.54, 1.807) is 6.07 Å². The number of nitriles is 1. The van der Waals surface area contributed by atoms with Crippen molar-refractivity contribution < 1.29 is 4.39 Å². The molecule has 0 aliphatic heterocycles. The second kappa shape index (κ2) is 4.75. The van der Waals surface area contributed by atoms with Crippen molar-refractivity contribution >= 4 is 5.69 Å². The summed E-state index contributed by atoms with van der Waals surface area (Å²) in [5.41, 5.74) is 1.19. The van der Waals surface area contributed by atoms with Gasteiger partial charge in [0.2, 0.25) is 0 Å². The Morgan fingerprint density at radius 3 is 2.35 bits per heavy atom. The molecule has 1 aromatic rings. The fourth-order valence-corrected chi connectivity index (χ4v) is 1.65. The number of nitrogens with zero attached hydrogens (tertiary/aromatic N) is 2. The van der Waals surface area contributed by atoms with E-state index in [0.29, 0.717) is 5.56 Å². The molecule has 0 amide bonds. The minimum absolute atomic E-state index is 0.0911. The van der Waals surface area contributed by atoms with E-state index >= 15 is 0 Å². The third-order valence-corrected chi connectivity index (χ3v) is 3.25. The van der Waals surface area contributed by atoms with Crippen molar-refractivity contribution in [3.05, 3.63) is 29.6 Å². The van der Waals surface area contributed by atoms with E-state index < -0.39 is 0 Å². The summed E-state index contributed by atoms with van der Waals surface area (Å²) in [6.07, 6.45) is 0. The van der Waals surface area contributed by atoms with E-state index in [-0.39, 0.29) is 17.3 Å². The first kappa shape index (κ1) is 13.5. The fourth-order valence-electron chi connectivity index (χ4n) is 1.65. The van der Waals surface area contributed by atoms with Crippen LogP contribution in [0.1, 0.15) is 33.3 Å². The Kier molecular flexibility index (Phi) is 3.77. The Hall–Kier alpha value is -1.56. The fraction of sp³-hybridized carbons (Fsp3) is 0.500. The average molecular weight is 234 g/mol. The number of halogens is 1. The number of rotatable bonds is 2. The summed E-state index contributed by atoms with van der Waals surface area (Å²) in [5.74, 6) is -0.369. The van der Waals surface area contributed by atoms with Gasteiger partial charge in [0.15, 0.2) is 0 Å². The van der Waals surface area contributed by atoms with Crippen LogP contribution in [0.5, 0.6) is 0 Å². The molecule has 0 aromatic heterocycles. The summed E-state index contributed by atoms with van der Waals surface area (Å²) in [4.78, 5) is 2.00. The molecule has 0 aliphatic rings. The van der Waals surface area contributed by atoms with Crippen LogP contribution >= 0.6 is 0 Å². The van der Waals surface area contributed by atoms with Crippen molar-refractivity contribution in [3.63, 3.8) is 0 Å². The Balaban J connectivity index is 3.09. The van der Waals surface area contributed by atoms with Crippen molar-refractivity contribution in [1.29, 1.82) is 5.26 Å². The summed E-state index contributed by atoms with van der Waals surface area (Å²) < 4.78 is 13.4. The molecular weight excluding hydrogens is 215 g/mol. The van der Waals surface area contributed by atoms with Gasteiger partial charge in [-0.25, -0.2) is 4.39 Å². The first-order chi connectivity index (χ1) is 7.75. The number of hydrogen-bond donors (Lipinski definition) is 0. The van der Waals surface area contributed by atoms with Gasteiger partial charge in [0.25, 0.3) is 0 Å². The minimum atomic E-state index is -0.369. The molecule has 1 aromatic carbocycles. The highest BCUT2D eigenvalue weighted by Crippen LogP contribution is 2.28. The molecule has 1 atom stereocenters. The van der Waals surface area contributed by atoms with Crippen LogP contribution in [0, 0.1) is 22.6 Å². The predicted molar refractivity (Wildman–Crippen MR) is 68.4 cm³/mol. The van der Waals surface area contributed by atoms with Crippen molar-refractivity contribution in [3.8, 4) is 6.07 Å². The van der Waals surface area contributed by atoms with Crippen molar-refractivity contribution in [2.75, 3.05) is 11.9 Å². The van der Waals surface area contributed by atoms with Crippen molar-refractivity contribution in [2.24, 2.45) is 5.41 Å². The molecule has 0 bridgehead atoms. The third-order valence-electron chi connectivity index (χ3n) is 3.25. The summed E-state index contributed by atoms with van der Waals surface area (Å²) in [6.45, 7) is 8.51. The molecule has 3 heteroatoms. The van der Waals surface area contributed by atoms with Crippen molar-refractivity contribution in [1.82, 2.24) is 0 Å². The highest BCUT2D eigenvalue weighted by Gasteiger charge is 2.24. The first-order valence-electron chi connectivity index (χ1n) is 5.69. The topological polar surface area (TPSA) is 27.0 Å². The van der Waals surface area contributed by atoms with Crippen LogP contribution in [0.25, 0.3) is 0 Å². The smallest absolute Gasteiger partial charge is 0.126 e. The molecule has 0 fully saturated rings. The van der Waals surface area contributed by atoms with Crippen LogP contribution in [0.4, 0.5) is 10.1 Å². The van der Waals surface area contributed by atoms with Gasteiger partial charge in [-0.15, -0.1) is 0 Å². The van der Waals surface area contributed by atoms with E-state index in [1.807, 2.05) is 18.0 Å². The molecule has 0 N–H and O–H groups in total. The maximum atomic E-state index is 13.4. The largest absolute Gasteiger partial charge is 0.371 e. The molecule has 92 valence electrons. The van der Waals surface area contributed by atoms with Crippen LogP contribution in [0.3, 0.4) is 0 Å². The van der Waals surface area contributed by atoms with Gasteiger partial charge in [0, 0.05) is 18.8 Å². The first-order valence-corrected chi connectivity index (χ1v) is 5.69. The average Bonchev–Trinajstić information content (AvgIpc) is 2.24. The van der Waals surface area contributed by atoms with Gasteiger partial charge >= 0.3 is 0 Å². The lowest BCUT2D eigenvalue weighted by atomic mass is 9.87. The summed E-state index contributed by atoms with van der Waals surface area (Å²) in [5, 5.41) is 8.83. The SMILES string of the molecule is CC(N(C)c1cc(F)cc(C#N)c1)C(C)(C)C. The maximum absolute atomic E-state index is 13.4. The molecule has 1 rings (SSSR count). The highest BCUT2D eigenvalue weighted by molar-refractivity contribution is 5.52. The van der Waals surface area contributed by atoms with E-state index in [0.717, 1.165) is 5.69 Å². The van der Waals surface area contributed by atoms with Crippen LogP contribution in [-0.4, -0.2) is 13.1 Å². The van der Waals surface area contributed by atoms with Crippen LogP contribution in [0.2, 0.25) is 0 Å². The van der Waals surface area contributed by atoms with Crippen LogP contribution in [-0.2, 0) is 0 Å². The monoisotopic (exact) mass is 234 g/mol. The summed E-state index contributed by atoms with van der Waals surface area (Å²) in [7, 11) is 1.92. The molecule has 0 heterocycles. The predicted octanol–water partition coefficient (Wildman–Crippen LogP) is 3.57. The molecule has 0 aliphatic carbocycles. The lowest BCUT2D eigenvalue weighted by Gasteiger charge is -2.37. The molecule has 0 saturated carbocycles. The molecule has 17 heavy (non-hydrogen) atoms. The van der Waals surface area contributed by atoms with Gasteiger partial charge in [-0.05, 0) is 30.5 Å². The Morgan fingerprint density at radius 1 is 1.29 bits per heavy atom. The van der Waals surface area contributed by atoms with Crippen LogP contribution in [0.15, 0.2) is 18.2 Å². The van der Waals surface area contributed by atoms with E-state index in [9.17, 15) is 4.39 Å². The standard InChI is InChI=1S/C14H19FN2/c1-10(14(2,3)4)17(5)13-7-11(9-16)6-12(15)8-13/h6-8,10H,1-5H3. The summed E-state index contributed by atoms with van der Waals surface area (Å²) in [6, 6.07) is 6.64. The summed E-state index contributed by atoms with van der Waals surface area (Å²) >= 11 is 0.